The molecule has 0 aliphatic carbocycles. The number of aryl methyl sites for hydroxylation is 1. The van der Waals surface area contributed by atoms with Crippen LogP contribution < -0.4 is 5.56 Å². The Labute approximate surface area is 165 Å². The summed E-state index contributed by atoms with van der Waals surface area (Å²) in [5.41, 5.74) is 1.45. The molecule has 1 atom stereocenters. The molecule has 2 heterocycles. The number of fused-ring (bicyclic) bond motifs is 2. The molecule has 0 saturated carbocycles. The maximum atomic E-state index is 13.8. The highest BCUT2D eigenvalue weighted by atomic mass is 19.2. The van der Waals surface area contributed by atoms with Gasteiger partial charge in [0.1, 0.15) is 0 Å². The zero-order valence-corrected chi connectivity index (χ0v) is 16.2. The molecular formula is C22H19F2N3O2. The van der Waals surface area contributed by atoms with Crippen LogP contribution in [0.25, 0.3) is 21.7 Å². The molecule has 0 aliphatic heterocycles. The molecule has 0 fully saturated rings. The van der Waals surface area contributed by atoms with Gasteiger partial charge >= 0.3 is 0 Å². The maximum Gasteiger partial charge on any atom is 0.255 e. The minimum atomic E-state index is -1.09. The molecule has 1 N–H and O–H groups in total. The van der Waals surface area contributed by atoms with E-state index >= 15 is 0 Å². The van der Waals surface area contributed by atoms with E-state index in [4.69, 9.17) is 0 Å². The molecule has 4 rings (SSSR count). The Bertz CT molecular complexity index is 1320. The normalized spacial score (nSPS) is 12.4. The number of rotatable bonds is 3. The second-order valence-electron chi connectivity index (χ2n) is 7.18. The van der Waals surface area contributed by atoms with Gasteiger partial charge in [0, 0.05) is 37.6 Å². The van der Waals surface area contributed by atoms with E-state index in [1.807, 2.05) is 36.0 Å². The molecule has 4 aromatic rings. The van der Waals surface area contributed by atoms with Crippen molar-refractivity contribution in [1.82, 2.24) is 14.5 Å². The number of aromatic amines is 1. The van der Waals surface area contributed by atoms with Crippen LogP contribution in [0.1, 0.15) is 28.9 Å². The monoisotopic (exact) mass is 395 g/mol. The highest BCUT2D eigenvalue weighted by Gasteiger charge is 2.22. The van der Waals surface area contributed by atoms with Crippen molar-refractivity contribution in [2.24, 2.45) is 7.05 Å². The largest absolute Gasteiger partial charge is 0.351 e. The summed E-state index contributed by atoms with van der Waals surface area (Å²) in [5.74, 6) is -2.35. The number of nitrogens with one attached hydrogen (secondary N) is 1. The number of carbonyl (C=O) groups is 1. The molecule has 29 heavy (non-hydrogen) atoms. The van der Waals surface area contributed by atoms with E-state index in [0.717, 1.165) is 23.0 Å². The Kier molecular flexibility index (Phi) is 4.45. The number of carbonyl (C=O) groups excluding carboxylic acids is 1. The van der Waals surface area contributed by atoms with Gasteiger partial charge in [0.15, 0.2) is 11.6 Å². The van der Waals surface area contributed by atoms with Gasteiger partial charge in [0.2, 0.25) is 0 Å². The fourth-order valence-corrected chi connectivity index (χ4v) is 3.60. The number of H-pyrrole nitrogens is 1. The summed E-state index contributed by atoms with van der Waals surface area (Å²) in [6.45, 7) is 1.77. The fourth-order valence-electron chi connectivity index (χ4n) is 3.60. The van der Waals surface area contributed by atoms with Crippen LogP contribution in [0.5, 0.6) is 0 Å². The standard InChI is InChI=1S/C22H19F2N3O2/c1-12(17-11-25-21(28)16-10-19(24)18(23)9-15(16)17)27(3)22(29)14-5-4-13-6-7-26(2)20(13)8-14/h4-12H,1-3H3,(H,25,28)/t12-/m1/s1. The number of halogens is 2. The summed E-state index contributed by atoms with van der Waals surface area (Å²) < 4.78 is 29.4. The van der Waals surface area contributed by atoms with Crippen molar-refractivity contribution in [2.45, 2.75) is 13.0 Å². The van der Waals surface area contributed by atoms with Gasteiger partial charge in [-0.1, -0.05) is 6.07 Å². The van der Waals surface area contributed by atoms with Crippen LogP contribution in [-0.2, 0) is 7.05 Å². The van der Waals surface area contributed by atoms with Crippen molar-refractivity contribution in [2.75, 3.05) is 7.05 Å². The molecule has 0 radical (unpaired) electrons. The first-order chi connectivity index (χ1) is 13.8. The number of hydrogen-bond acceptors (Lipinski definition) is 2. The SMILES string of the molecule is C[C@H](c1c[nH]c(=O)c2cc(F)c(F)cc12)N(C)C(=O)c1ccc2ccn(C)c2c1. The van der Waals surface area contributed by atoms with E-state index in [1.54, 1.807) is 20.0 Å². The van der Waals surface area contributed by atoms with Crippen LogP contribution in [0.15, 0.2) is 53.6 Å². The van der Waals surface area contributed by atoms with Gasteiger partial charge in [-0.3, -0.25) is 9.59 Å². The molecule has 5 nitrogen and oxygen atoms in total. The Morgan fingerprint density at radius 2 is 1.79 bits per heavy atom. The lowest BCUT2D eigenvalue weighted by Crippen LogP contribution is -2.30. The lowest BCUT2D eigenvalue weighted by Gasteiger charge is -2.26. The van der Waals surface area contributed by atoms with Gasteiger partial charge in [0.25, 0.3) is 11.5 Å². The van der Waals surface area contributed by atoms with Crippen LogP contribution in [0.3, 0.4) is 0 Å². The second kappa shape index (κ2) is 6.84. The van der Waals surface area contributed by atoms with Crippen LogP contribution in [0, 0.1) is 11.6 Å². The lowest BCUT2D eigenvalue weighted by molar-refractivity contribution is 0.0743. The molecule has 7 heteroatoms. The van der Waals surface area contributed by atoms with Crippen molar-refractivity contribution in [3.63, 3.8) is 0 Å². The predicted octanol–water partition coefficient (Wildman–Crippen LogP) is 4.13. The first-order valence-electron chi connectivity index (χ1n) is 9.10. The summed E-state index contributed by atoms with van der Waals surface area (Å²) in [5, 5.41) is 1.35. The van der Waals surface area contributed by atoms with Gasteiger partial charge in [-0.15, -0.1) is 0 Å². The average molecular weight is 395 g/mol. The molecule has 2 aromatic heterocycles. The third kappa shape index (κ3) is 3.08. The number of amides is 1. The van der Waals surface area contributed by atoms with E-state index in [0.29, 0.717) is 11.1 Å². The van der Waals surface area contributed by atoms with Crippen molar-refractivity contribution in [1.29, 1.82) is 0 Å². The number of nitrogens with zero attached hydrogens (tertiary/aromatic N) is 2. The topological polar surface area (TPSA) is 58.1 Å². The summed E-state index contributed by atoms with van der Waals surface area (Å²) in [6.07, 6.45) is 3.36. The average Bonchev–Trinajstić information content (AvgIpc) is 3.08. The van der Waals surface area contributed by atoms with E-state index in [1.165, 1.54) is 11.1 Å². The maximum absolute atomic E-state index is 13.8. The van der Waals surface area contributed by atoms with E-state index in [-0.39, 0.29) is 16.7 Å². The summed E-state index contributed by atoms with van der Waals surface area (Å²) >= 11 is 0. The summed E-state index contributed by atoms with van der Waals surface area (Å²) in [4.78, 5) is 29.2. The second-order valence-corrected chi connectivity index (χ2v) is 7.18. The Morgan fingerprint density at radius 3 is 2.52 bits per heavy atom. The highest BCUT2D eigenvalue weighted by Crippen LogP contribution is 2.28. The van der Waals surface area contributed by atoms with Gasteiger partial charge < -0.3 is 14.5 Å². The zero-order chi connectivity index (χ0) is 20.9. The number of benzene rings is 2. The molecule has 1 amide bonds. The third-order valence-electron chi connectivity index (χ3n) is 5.46. The Hall–Kier alpha value is -3.48. The van der Waals surface area contributed by atoms with Crippen molar-refractivity contribution >= 4 is 27.6 Å². The first kappa shape index (κ1) is 18.9. The van der Waals surface area contributed by atoms with E-state index in [9.17, 15) is 18.4 Å². The minimum Gasteiger partial charge on any atom is -0.351 e. The number of hydrogen-bond donors (Lipinski definition) is 1. The molecule has 0 aliphatic rings. The van der Waals surface area contributed by atoms with Crippen LogP contribution >= 0.6 is 0 Å². The van der Waals surface area contributed by atoms with Gasteiger partial charge in [-0.25, -0.2) is 8.78 Å². The lowest BCUT2D eigenvalue weighted by atomic mass is 10.0. The number of pyridine rings is 1. The smallest absolute Gasteiger partial charge is 0.255 e. The molecule has 0 saturated heterocycles. The molecule has 0 bridgehead atoms. The van der Waals surface area contributed by atoms with Gasteiger partial charge in [-0.05, 0) is 53.6 Å². The van der Waals surface area contributed by atoms with E-state index < -0.39 is 23.2 Å². The van der Waals surface area contributed by atoms with E-state index in [2.05, 4.69) is 4.98 Å². The van der Waals surface area contributed by atoms with Crippen LogP contribution in [0.2, 0.25) is 0 Å². The highest BCUT2D eigenvalue weighted by molar-refractivity contribution is 5.98. The quantitative estimate of drug-likeness (QED) is 0.567. The van der Waals surface area contributed by atoms with Crippen LogP contribution in [0.4, 0.5) is 8.78 Å². The summed E-state index contributed by atoms with van der Waals surface area (Å²) in [7, 11) is 3.54. The molecule has 148 valence electrons. The Balaban J connectivity index is 1.75. The van der Waals surface area contributed by atoms with Crippen molar-refractivity contribution in [3.8, 4) is 0 Å². The first-order valence-corrected chi connectivity index (χ1v) is 9.10. The van der Waals surface area contributed by atoms with Crippen molar-refractivity contribution < 1.29 is 13.6 Å². The molecule has 0 unspecified atom stereocenters. The molecule has 0 spiro atoms. The number of aromatic nitrogens is 2. The van der Waals surface area contributed by atoms with Crippen molar-refractivity contribution in [3.05, 3.63) is 81.9 Å². The molecule has 2 aromatic carbocycles. The zero-order valence-electron chi connectivity index (χ0n) is 16.2. The Morgan fingerprint density at radius 1 is 1.10 bits per heavy atom. The van der Waals surface area contributed by atoms with Gasteiger partial charge in [0.05, 0.1) is 11.4 Å². The van der Waals surface area contributed by atoms with Crippen LogP contribution in [-0.4, -0.2) is 27.4 Å². The third-order valence-corrected chi connectivity index (χ3v) is 5.46. The predicted molar refractivity (Wildman–Crippen MR) is 108 cm³/mol. The minimum absolute atomic E-state index is 0.0410. The molecular weight excluding hydrogens is 376 g/mol. The fraction of sp³-hybridized carbons (Fsp3) is 0.182. The van der Waals surface area contributed by atoms with Gasteiger partial charge in [-0.2, -0.15) is 0 Å². The summed E-state index contributed by atoms with van der Waals surface area (Å²) in [6, 6.07) is 8.82.